The third-order valence-corrected chi connectivity index (χ3v) is 1.34. The molecule has 1 aromatic rings. The summed E-state index contributed by atoms with van der Waals surface area (Å²) in [4.78, 5) is 0. The first-order valence-corrected chi connectivity index (χ1v) is 3.65. The topological polar surface area (TPSA) is 9.23 Å². The molecule has 0 spiro atoms. The summed E-state index contributed by atoms with van der Waals surface area (Å²) in [5, 5.41) is 0. The quantitative estimate of drug-likeness (QED) is 0.602. The van der Waals surface area contributed by atoms with Gasteiger partial charge in [-0.1, -0.05) is 39.2 Å². The fourth-order valence-corrected chi connectivity index (χ4v) is 0.795. The fourth-order valence-electron chi connectivity index (χ4n) is 0.712. The van der Waals surface area contributed by atoms with Gasteiger partial charge >= 0.3 is 0 Å². The molecule has 0 radical (unpaired) electrons. The van der Waals surface area contributed by atoms with Gasteiger partial charge in [0.1, 0.15) is 0 Å². The number of rotatable bonds is 3. The largest absolute Gasteiger partial charge is 0.345 e. The lowest BCUT2D eigenvalue weighted by Gasteiger charge is -1.95. The number of hydrogen-bond donors (Lipinski definition) is 0. The molecule has 0 aliphatic carbocycles. The predicted octanol–water partition coefficient (Wildman–Crippen LogP) is 2.11. The second kappa shape index (κ2) is 4.21. The molecule has 52 valence electrons. The fraction of sp³-hybridized carbons (Fsp3) is 0.125. The Labute approximate surface area is 62.9 Å². The second-order valence-electron chi connectivity index (χ2n) is 1.91. The third kappa shape index (κ3) is 2.30. The number of hydrogen-bond acceptors (Lipinski definition) is 1. The van der Waals surface area contributed by atoms with Crippen LogP contribution in [0.3, 0.4) is 0 Å². The van der Waals surface area contributed by atoms with Crippen LogP contribution in [0.25, 0.3) is 0 Å². The van der Waals surface area contributed by atoms with Gasteiger partial charge in [-0.05, 0) is 5.56 Å². The summed E-state index contributed by atoms with van der Waals surface area (Å²) >= 11 is 0. The van der Waals surface area contributed by atoms with Gasteiger partial charge in [-0.2, -0.15) is 0 Å². The molecule has 0 N–H and O–H groups in total. The maximum Gasteiger partial charge on any atom is 0.0780 e. The van der Waals surface area contributed by atoms with Gasteiger partial charge in [0.25, 0.3) is 0 Å². The minimum absolute atomic E-state index is 0.629. The van der Waals surface area contributed by atoms with Crippen LogP contribution in [0.1, 0.15) is 5.56 Å². The molecule has 2 heteroatoms. The van der Waals surface area contributed by atoms with Crippen LogP contribution in [0, 0.1) is 0 Å². The average Bonchev–Trinajstić information content (AvgIpc) is 2.03. The van der Waals surface area contributed by atoms with E-state index >= 15 is 0 Å². The molecule has 0 unspecified atom stereocenters. The molecule has 1 nitrogen and oxygen atoms in total. The Morgan fingerprint density at radius 2 is 2.00 bits per heavy atom. The van der Waals surface area contributed by atoms with Gasteiger partial charge in [-0.15, -0.1) is 0 Å². The molecule has 0 aliphatic heterocycles. The van der Waals surface area contributed by atoms with Gasteiger partial charge in [0.15, 0.2) is 0 Å². The molecular formula is C8H9OP. The van der Waals surface area contributed by atoms with Crippen molar-refractivity contribution < 1.29 is 4.74 Å². The van der Waals surface area contributed by atoms with Crippen molar-refractivity contribution in [2.75, 3.05) is 0 Å². The summed E-state index contributed by atoms with van der Waals surface area (Å²) in [6, 6.07) is 10.0. The first-order valence-electron chi connectivity index (χ1n) is 3.08. The summed E-state index contributed by atoms with van der Waals surface area (Å²) in [5.41, 5.74) is 1.18. The van der Waals surface area contributed by atoms with E-state index < -0.39 is 0 Å². The van der Waals surface area contributed by atoms with Crippen LogP contribution >= 0.6 is 8.86 Å². The third-order valence-electron chi connectivity index (χ3n) is 1.18. The molecule has 0 aliphatic rings. The molecule has 0 saturated heterocycles. The van der Waals surface area contributed by atoms with E-state index in [2.05, 4.69) is 8.86 Å². The van der Waals surface area contributed by atoms with Crippen LogP contribution in [-0.2, 0) is 11.3 Å². The average molecular weight is 152 g/mol. The van der Waals surface area contributed by atoms with E-state index in [0.29, 0.717) is 6.61 Å². The van der Waals surface area contributed by atoms with Crippen molar-refractivity contribution in [2.45, 2.75) is 6.61 Å². The van der Waals surface area contributed by atoms with Crippen LogP contribution in [0.15, 0.2) is 30.3 Å². The zero-order valence-electron chi connectivity index (χ0n) is 5.58. The van der Waals surface area contributed by atoms with Crippen LogP contribution in [-0.4, -0.2) is 5.98 Å². The van der Waals surface area contributed by atoms with Crippen LogP contribution in [0.4, 0.5) is 0 Å². The monoisotopic (exact) mass is 152 g/mol. The minimum Gasteiger partial charge on any atom is -0.345 e. The Hall–Kier alpha value is -0.650. The highest BCUT2D eigenvalue weighted by Crippen LogP contribution is 1.98. The molecule has 0 fully saturated rings. The van der Waals surface area contributed by atoms with E-state index in [9.17, 15) is 0 Å². The van der Waals surface area contributed by atoms with Crippen LogP contribution in [0.2, 0.25) is 0 Å². The van der Waals surface area contributed by atoms with E-state index in [4.69, 9.17) is 4.74 Å². The standard InChI is InChI=1S/C8H9OP/c10-7-9-6-8-4-2-1-3-5-8/h1-5,7,10H,6H2. The Balaban J connectivity index is 2.50. The van der Waals surface area contributed by atoms with Crippen molar-refractivity contribution in [3.63, 3.8) is 0 Å². The Kier molecular flexibility index (Phi) is 3.14. The van der Waals surface area contributed by atoms with Crippen molar-refractivity contribution in [1.82, 2.24) is 0 Å². The maximum absolute atomic E-state index is 5.01. The Morgan fingerprint density at radius 1 is 1.30 bits per heavy atom. The van der Waals surface area contributed by atoms with Gasteiger partial charge in [0.05, 0.1) is 12.6 Å². The molecule has 0 bridgehead atoms. The van der Waals surface area contributed by atoms with E-state index in [1.807, 2.05) is 30.3 Å². The molecule has 10 heavy (non-hydrogen) atoms. The van der Waals surface area contributed by atoms with Gasteiger partial charge in [0.2, 0.25) is 0 Å². The van der Waals surface area contributed by atoms with Crippen molar-refractivity contribution in [2.24, 2.45) is 0 Å². The van der Waals surface area contributed by atoms with Crippen LogP contribution < -0.4 is 0 Å². The molecule has 0 aromatic heterocycles. The lowest BCUT2D eigenvalue weighted by molar-refractivity contribution is 0.315. The summed E-state index contributed by atoms with van der Waals surface area (Å²) in [6.07, 6.45) is 0. The first-order chi connectivity index (χ1) is 4.93. The molecule has 1 aromatic carbocycles. The molecule has 0 atom stereocenters. The first kappa shape index (κ1) is 7.46. The summed E-state index contributed by atoms with van der Waals surface area (Å²) in [6.45, 7) is 0.629. The highest BCUT2D eigenvalue weighted by Gasteiger charge is 1.86. The Bertz CT molecular complexity index is 196. The minimum atomic E-state index is 0.629. The van der Waals surface area contributed by atoms with Crippen LogP contribution in [0.5, 0.6) is 0 Å². The highest BCUT2D eigenvalue weighted by atomic mass is 31.0. The Morgan fingerprint density at radius 3 is 2.60 bits per heavy atom. The van der Waals surface area contributed by atoms with Gasteiger partial charge in [-0.3, -0.25) is 0 Å². The smallest absolute Gasteiger partial charge is 0.0780 e. The van der Waals surface area contributed by atoms with E-state index in [0.717, 1.165) is 0 Å². The summed E-state index contributed by atoms with van der Waals surface area (Å²) in [7, 11) is 3.10. The highest BCUT2D eigenvalue weighted by molar-refractivity contribution is 7.17. The molecule has 0 heterocycles. The lowest BCUT2D eigenvalue weighted by Crippen LogP contribution is -1.86. The van der Waals surface area contributed by atoms with Gasteiger partial charge < -0.3 is 4.74 Å². The van der Waals surface area contributed by atoms with E-state index in [1.165, 1.54) is 11.5 Å². The SMILES string of the molecule is P=COCc1ccccc1. The zero-order valence-corrected chi connectivity index (χ0v) is 6.58. The predicted molar refractivity (Wildman–Crippen MR) is 45.6 cm³/mol. The number of benzene rings is 1. The maximum atomic E-state index is 5.01. The number of ether oxygens (including phenoxy) is 1. The molecule has 1 rings (SSSR count). The second-order valence-corrected chi connectivity index (χ2v) is 2.15. The van der Waals surface area contributed by atoms with Crippen molar-refractivity contribution >= 4 is 14.8 Å². The summed E-state index contributed by atoms with van der Waals surface area (Å²) in [5.74, 6) is 1.51. The summed E-state index contributed by atoms with van der Waals surface area (Å²) < 4.78 is 5.01. The van der Waals surface area contributed by atoms with E-state index in [-0.39, 0.29) is 0 Å². The van der Waals surface area contributed by atoms with Crippen molar-refractivity contribution in [3.05, 3.63) is 35.9 Å². The van der Waals surface area contributed by atoms with Crippen molar-refractivity contribution in [1.29, 1.82) is 0 Å². The molecular weight excluding hydrogens is 143 g/mol. The van der Waals surface area contributed by atoms with Crippen molar-refractivity contribution in [3.8, 4) is 0 Å². The van der Waals surface area contributed by atoms with E-state index in [1.54, 1.807) is 0 Å². The normalized spacial score (nSPS) is 9.20. The van der Waals surface area contributed by atoms with Gasteiger partial charge in [0, 0.05) is 0 Å². The zero-order chi connectivity index (χ0) is 7.23. The molecule has 0 saturated carbocycles. The molecule has 0 amide bonds. The lowest BCUT2D eigenvalue weighted by atomic mass is 10.2. The van der Waals surface area contributed by atoms with Gasteiger partial charge in [-0.25, -0.2) is 0 Å².